The fourth-order valence-electron chi connectivity index (χ4n) is 10.3. The number of benzene rings is 1. The molecule has 4 heteroatoms. The maximum Gasteiger partial charge on any atom is 0.123 e. The molecule has 4 nitrogen and oxygen atoms in total. The van der Waals surface area contributed by atoms with Crippen molar-refractivity contribution < 1.29 is 9.84 Å². The summed E-state index contributed by atoms with van der Waals surface area (Å²) in [5.74, 6) is 6.14. The molecule has 0 saturated heterocycles. The van der Waals surface area contributed by atoms with Gasteiger partial charge in [-0.3, -0.25) is 0 Å². The van der Waals surface area contributed by atoms with E-state index in [9.17, 15) is 5.11 Å². The number of anilines is 2. The molecule has 4 fully saturated rings. The van der Waals surface area contributed by atoms with E-state index in [0.717, 1.165) is 41.8 Å². The monoisotopic (exact) mass is 510 g/mol. The first-order chi connectivity index (χ1) is 17.5. The number of rotatable bonds is 7. The molecule has 208 valence electrons. The Kier molecular flexibility index (Phi) is 7.55. The van der Waals surface area contributed by atoms with Crippen molar-refractivity contribution in [1.82, 2.24) is 0 Å². The number of nitrogens with two attached hydrogens (primary N) is 2. The van der Waals surface area contributed by atoms with Gasteiger partial charge in [0.1, 0.15) is 11.9 Å². The lowest BCUT2D eigenvalue weighted by Crippen LogP contribution is -2.60. The van der Waals surface area contributed by atoms with Crippen LogP contribution in [0.5, 0.6) is 5.75 Å². The van der Waals surface area contributed by atoms with Crippen molar-refractivity contribution in [3.05, 3.63) is 18.2 Å². The minimum atomic E-state index is -0.283. The van der Waals surface area contributed by atoms with Crippen LogP contribution in [0.2, 0.25) is 0 Å². The van der Waals surface area contributed by atoms with Gasteiger partial charge in [-0.05, 0) is 97.9 Å². The summed E-state index contributed by atoms with van der Waals surface area (Å²) in [6.45, 7) is 12.5. The second kappa shape index (κ2) is 10.3. The van der Waals surface area contributed by atoms with Crippen molar-refractivity contribution in [3.63, 3.8) is 0 Å². The highest BCUT2D eigenvalue weighted by Crippen LogP contribution is 2.68. The zero-order valence-electron chi connectivity index (χ0n) is 24.2. The van der Waals surface area contributed by atoms with Gasteiger partial charge in [0.05, 0.1) is 6.10 Å². The highest BCUT2D eigenvalue weighted by molar-refractivity contribution is 5.56. The Hall–Kier alpha value is -1.42. The van der Waals surface area contributed by atoms with Crippen LogP contribution in [0.1, 0.15) is 105 Å². The van der Waals surface area contributed by atoms with Crippen molar-refractivity contribution in [2.75, 3.05) is 11.5 Å². The van der Waals surface area contributed by atoms with Crippen LogP contribution in [0, 0.1) is 52.3 Å². The molecule has 0 amide bonds. The third-order valence-corrected chi connectivity index (χ3v) is 12.1. The molecular formula is C33H54N2O2. The third-order valence-electron chi connectivity index (χ3n) is 12.1. The highest BCUT2D eigenvalue weighted by Gasteiger charge is 2.63. The van der Waals surface area contributed by atoms with E-state index < -0.39 is 0 Å². The van der Waals surface area contributed by atoms with E-state index in [0.29, 0.717) is 35.0 Å². The fraction of sp³-hybridized carbons (Fsp3) is 0.818. The molecule has 5 rings (SSSR count). The number of aliphatic hydroxyl groups is 1. The molecule has 37 heavy (non-hydrogen) atoms. The van der Waals surface area contributed by atoms with Crippen molar-refractivity contribution in [3.8, 4) is 5.75 Å². The van der Waals surface area contributed by atoms with E-state index in [4.69, 9.17) is 16.2 Å². The van der Waals surface area contributed by atoms with E-state index in [1.54, 1.807) is 6.07 Å². The van der Waals surface area contributed by atoms with Gasteiger partial charge in [0.25, 0.3) is 0 Å². The lowest BCUT2D eigenvalue weighted by atomic mass is 9.43. The topological polar surface area (TPSA) is 81.5 Å². The minimum absolute atomic E-state index is 0.00626. The van der Waals surface area contributed by atoms with E-state index in [1.165, 1.54) is 57.8 Å². The lowest BCUT2D eigenvalue weighted by Gasteiger charge is -2.63. The number of ether oxygens (including phenoxy) is 1. The van der Waals surface area contributed by atoms with Gasteiger partial charge in [0.2, 0.25) is 0 Å². The molecule has 1 aromatic carbocycles. The molecule has 0 aromatic heterocycles. The first-order valence-electron chi connectivity index (χ1n) is 15.5. The molecule has 1 unspecified atom stereocenters. The van der Waals surface area contributed by atoms with Gasteiger partial charge in [-0.2, -0.15) is 0 Å². The molecular weight excluding hydrogens is 456 g/mol. The number of hydrogen-bond donors (Lipinski definition) is 3. The Morgan fingerprint density at radius 3 is 2.35 bits per heavy atom. The molecule has 4 aliphatic rings. The molecule has 0 aliphatic heterocycles. The predicted octanol–water partition coefficient (Wildman–Crippen LogP) is 7.69. The Morgan fingerprint density at radius 1 is 0.919 bits per heavy atom. The number of nitrogen functional groups attached to an aromatic ring is 2. The number of aliphatic hydroxyl groups excluding tert-OH is 1. The maximum atomic E-state index is 10.9. The van der Waals surface area contributed by atoms with Crippen LogP contribution < -0.4 is 16.2 Å². The summed E-state index contributed by atoms with van der Waals surface area (Å²) in [5, 5.41) is 10.9. The normalized spacial score (nSPS) is 42.1. The molecule has 4 saturated carbocycles. The van der Waals surface area contributed by atoms with Crippen LogP contribution in [-0.4, -0.2) is 17.3 Å². The largest absolute Gasteiger partial charge is 0.490 e. The zero-order valence-corrected chi connectivity index (χ0v) is 24.2. The van der Waals surface area contributed by atoms with Crippen LogP contribution in [0.15, 0.2) is 18.2 Å². The van der Waals surface area contributed by atoms with Gasteiger partial charge in [0, 0.05) is 35.3 Å². The van der Waals surface area contributed by atoms with E-state index in [2.05, 4.69) is 34.6 Å². The molecule has 0 heterocycles. The molecule has 1 aromatic rings. The minimum Gasteiger partial charge on any atom is -0.490 e. The van der Waals surface area contributed by atoms with Gasteiger partial charge in [-0.1, -0.05) is 53.9 Å². The molecule has 0 spiro atoms. The Morgan fingerprint density at radius 2 is 1.65 bits per heavy atom. The number of hydrogen-bond acceptors (Lipinski definition) is 4. The Bertz CT molecular complexity index is 928. The molecule has 4 aliphatic carbocycles. The second-order valence-corrected chi connectivity index (χ2v) is 14.6. The van der Waals surface area contributed by atoms with Crippen LogP contribution >= 0.6 is 0 Å². The van der Waals surface area contributed by atoms with Gasteiger partial charge in [-0.25, -0.2) is 0 Å². The molecule has 0 radical (unpaired) electrons. The molecule has 10 atom stereocenters. The van der Waals surface area contributed by atoms with Crippen LogP contribution in [0.4, 0.5) is 11.4 Å². The summed E-state index contributed by atoms with van der Waals surface area (Å²) >= 11 is 0. The van der Waals surface area contributed by atoms with Gasteiger partial charge in [0.15, 0.2) is 0 Å². The van der Waals surface area contributed by atoms with Crippen molar-refractivity contribution >= 4 is 11.4 Å². The zero-order chi connectivity index (χ0) is 26.5. The van der Waals surface area contributed by atoms with E-state index >= 15 is 0 Å². The molecule has 0 bridgehead atoms. The molecule has 5 N–H and O–H groups in total. The lowest BCUT2D eigenvalue weighted by molar-refractivity contribution is -0.174. The van der Waals surface area contributed by atoms with Crippen molar-refractivity contribution in [1.29, 1.82) is 0 Å². The fourth-order valence-corrected chi connectivity index (χ4v) is 10.3. The average molecular weight is 511 g/mol. The van der Waals surface area contributed by atoms with Crippen LogP contribution in [0.3, 0.4) is 0 Å². The summed E-state index contributed by atoms with van der Waals surface area (Å²) in [7, 11) is 0. The van der Waals surface area contributed by atoms with Crippen LogP contribution in [0.25, 0.3) is 0 Å². The summed E-state index contributed by atoms with van der Waals surface area (Å²) in [6, 6.07) is 5.58. The van der Waals surface area contributed by atoms with Gasteiger partial charge in [-0.15, -0.1) is 0 Å². The first-order valence-corrected chi connectivity index (χ1v) is 15.5. The number of fused-ring (bicyclic) bond motifs is 5. The average Bonchev–Trinajstić information content (AvgIpc) is 3.16. The Balaban J connectivity index is 1.37. The quantitative estimate of drug-likeness (QED) is 0.328. The van der Waals surface area contributed by atoms with Gasteiger partial charge < -0.3 is 21.3 Å². The summed E-state index contributed by atoms with van der Waals surface area (Å²) in [6.07, 6.45) is 13.6. The summed E-state index contributed by atoms with van der Waals surface area (Å²) < 4.78 is 6.75. The smallest absolute Gasteiger partial charge is 0.123 e. The summed E-state index contributed by atoms with van der Waals surface area (Å²) in [5.41, 5.74) is 14.1. The second-order valence-electron chi connectivity index (χ2n) is 14.6. The van der Waals surface area contributed by atoms with Crippen molar-refractivity contribution in [2.45, 2.75) is 117 Å². The van der Waals surface area contributed by atoms with Gasteiger partial charge >= 0.3 is 0 Å². The summed E-state index contributed by atoms with van der Waals surface area (Å²) in [4.78, 5) is 0. The highest BCUT2D eigenvalue weighted by atomic mass is 16.5. The maximum absolute atomic E-state index is 10.9. The third kappa shape index (κ3) is 4.90. The SMILES string of the molecule is CC(C)CCC[C@@H](C)[C@H]1CC[C@H]2[C@H]3CC[C@@H]4C[C@H](O)CC(Oc5cc(N)cc(N)c5)[C@]4(C)[C@H]3CC[C@]12C. The predicted molar refractivity (Wildman–Crippen MR) is 154 cm³/mol. The Labute approximate surface area is 226 Å². The van der Waals surface area contributed by atoms with Crippen LogP contribution in [-0.2, 0) is 0 Å². The van der Waals surface area contributed by atoms with E-state index in [1.807, 2.05) is 12.1 Å². The first kappa shape index (κ1) is 27.2. The van der Waals surface area contributed by atoms with Crippen molar-refractivity contribution in [2.24, 2.45) is 52.3 Å². The standard InChI is InChI=1S/C33H54N2O2/c1-20(2)7-6-8-21(3)28-11-12-29-27-10-9-22-15-25(36)19-31(37-26-17-23(34)16-24(35)18-26)33(22,5)30(27)13-14-32(28,29)4/h16-18,20-22,25,27-31,36H,6-15,19,34-35H2,1-5H3/t21-,22-,25+,27-,28-,29+,30+,31?,32-,33+/m1/s1. The van der Waals surface area contributed by atoms with E-state index in [-0.39, 0.29) is 17.6 Å².